The maximum absolute atomic E-state index is 6.09. The van der Waals surface area contributed by atoms with E-state index in [4.69, 9.17) is 32.3 Å². The molecule has 0 bridgehead atoms. The van der Waals surface area contributed by atoms with Gasteiger partial charge in [-0.25, -0.2) is 0 Å². The molecule has 0 rings (SSSR count). The van der Waals surface area contributed by atoms with Gasteiger partial charge in [-0.3, -0.25) is 4.90 Å². The summed E-state index contributed by atoms with van der Waals surface area (Å²) < 4.78 is 32.7. The fourth-order valence-corrected chi connectivity index (χ4v) is 6.04. The molecule has 0 radical (unpaired) electrons. The summed E-state index contributed by atoms with van der Waals surface area (Å²) in [6.07, 6.45) is 1.76. The molecule has 10 heteroatoms. The Morgan fingerprint density at radius 2 is 1.00 bits per heavy atom. The highest BCUT2D eigenvalue weighted by molar-refractivity contribution is 6.60. The topological polar surface area (TPSA) is 84.6 Å². The summed E-state index contributed by atoms with van der Waals surface area (Å²) in [5.74, 6) is 0. The lowest BCUT2D eigenvalue weighted by Crippen LogP contribution is -2.46. The van der Waals surface area contributed by atoms with Crippen LogP contribution in [0.4, 0.5) is 0 Å². The minimum Gasteiger partial charge on any atom is -0.377 e. The van der Waals surface area contributed by atoms with Gasteiger partial charge in [0.1, 0.15) is 0 Å². The number of nitrogens with zero attached hydrogens (tertiary/aromatic N) is 1. The van der Waals surface area contributed by atoms with E-state index in [1.165, 1.54) is 0 Å². The van der Waals surface area contributed by atoms with Gasteiger partial charge in [0.15, 0.2) is 0 Å². The number of hydrogen-bond acceptors (Lipinski definition) is 8. The zero-order chi connectivity index (χ0) is 18.6. The monoisotopic (exact) mass is 384 g/mol. The Morgan fingerprint density at radius 3 is 1.21 bits per heavy atom. The van der Waals surface area contributed by atoms with E-state index in [-0.39, 0.29) is 6.17 Å². The summed E-state index contributed by atoms with van der Waals surface area (Å²) >= 11 is 0. The Hall–Kier alpha value is 0.114. The van der Waals surface area contributed by atoms with Crippen molar-refractivity contribution in [1.29, 1.82) is 0 Å². The van der Waals surface area contributed by atoms with Crippen LogP contribution in [0.15, 0.2) is 0 Å². The maximum atomic E-state index is 6.09. The molecule has 0 aliphatic carbocycles. The molecule has 0 saturated heterocycles. The molecule has 8 nitrogen and oxygen atoms in total. The van der Waals surface area contributed by atoms with Crippen molar-refractivity contribution < 1.29 is 26.6 Å². The van der Waals surface area contributed by atoms with E-state index < -0.39 is 17.6 Å². The maximum Gasteiger partial charge on any atom is 0.500 e. The number of hydrogen-bond donors (Lipinski definition) is 1. The number of rotatable bonds is 15. The van der Waals surface area contributed by atoms with Gasteiger partial charge in [-0.05, 0) is 32.9 Å². The second-order valence-corrected chi connectivity index (χ2v) is 11.8. The Bertz CT molecular complexity index is 275. The third-order valence-electron chi connectivity index (χ3n) is 4.30. The zero-order valence-corrected chi connectivity index (χ0v) is 18.3. The Kier molecular flexibility index (Phi) is 12.5. The first-order valence-electron chi connectivity index (χ1n) is 8.18. The average Bonchev–Trinajstić information content (AvgIpc) is 2.61. The molecule has 1 atom stereocenters. The molecule has 0 spiro atoms. The van der Waals surface area contributed by atoms with E-state index in [0.717, 1.165) is 38.0 Å². The van der Waals surface area contributed by atoms with Crippen molar-refractivity contribution in [3.63, 3.8) is 0 Å². The molecule has 146 valence electrons. The van der Waals surface area contributed by atoms with Crippen LogP contribution in [0.3, 0.4) is 0 Å². The van der Waals surface area contributed by atoms with E-state index >= 15 is 0 Å². The lowest BCUT2D eigenvalue weighted by atomic mass is 10.3. The fourth-order valence-electron chi connectivity index (χ4n) is 2.63. The van der Waals surface area contributed by atoms with Gasteiger partial charge in [-0.2, -0.15) is 0 Å². The molecule has 0 aromatic heterocycles. The standard InChI is InChI=1S/C14H36N2O6Si2/c1-14(15)16(10-8-12-23(17-2,18-3)19-4)11-9-13-24(20-5,21-6)22-7/h14H,8-13,15H2,1-7H3. The fraction of sp³-hybridized carbons (Fsp3) is 1.00. The lowest BCUT2D eigenvalue weighted by molar-refractivity contribution is 0.117. The SMILES string of the molecule is CO[Si](CCCN(CCC[Si](OC)(OC)OC)C(C)N)(OC)OC. The van der Waals surface area contributed by atoms with E-state index in [1.807, 2.05) is 6.92 Å². The molecule has 0 aliphatic heterocycles. The largest absolute Gasteiger partial charge is 0.500 e. The second-order valence-electron chi connectivity index (χ2n) is 5.57. The van der Waals surface area contributed by atoms with Gasteiger partial charge in [-0.15, -0.1) is 0 Å². The van der Waals surface area contributed by atoms with Gasteiger partial charge < -0.3 is 32.3 Å². The van der Waals surface area contributed by atoms with Crippen molar-refractivity contribution in [2.45, 2.75) is 38.0 Å². The first kappa shape index (κ1) is 24.1. The normalized spacial score (nSPS) is 14.4. The van der Waals surface area contributed by atoms with Gasteiger partial charge >= 0.3 is 17.6 Å². The molecule has 0 amide bonds. The molecule has 0 aliphatic rings. The second kappa shape index (κ2) is 12.5. The van der Waals surface area contributed by atoms with Crippen molar-refractivity contribution in [2.24, 2.45) is 5.73 Å². The first-order chi connectivity index (χ1) is 11.4. The van der Waals surface area contributed by atoms with Crippen molar-refractivity contribution in [2.75, 3.05) is 55.7 Å². The zero-order valence-electron chi connectivity index (χ0n) is 16.3. The predicted molar refractivity (Wildman–Crippen MR) is 97.6 cm³/mol. The highest BCUT2D eigenvalue weighted by atomic mass is 28.4. The van der Waals surface area contributed by atoms with Crippen molar-refractivity contribution in [3.8, 4) is 0 Å². The van der Waals surface area contributed by atoms with E-state index in [0.29, 0.717) is 0 Å². The van der Waals surface area contributed by atoms with Crippen LogP contribution in [0.5, 0.6) is 0 Å². The Morgan fingerprint density at radius 1 is 0.708 bits per heavy atom. The van der Waals surface area contributed by atoms with Crippen LogP contribution in [-0.4, -0.2) is 84.4 Å². The molecule has 0 saturated carbocycles. The van der Waals surface area contributed by atoms with Crippen molar-refractivity contribution in [1.82, 2.24) is 4.90 Å². The molecule has 0 aromatic carbocycles. The highest BCUT2D eigenvalue weighted by Gasteiger charge is 2.38. The van der Waals surface area contributed by atoms with Crippen molar-refractivity contribution >= 4 is 17.6 Å². The van der Waals surface area contributed by atoms with E-state index in [1.54, 1.807) is 42.7 Å². The molecular formula is C14H36N2O6Si2. The van der Waals surface area contributed by atoms with Crippen LogP contribution in [0.25, 0.3) is 0 Å². The van der Waals surface area contributed by atoms with Gasteiger partial charge in [-0.1, -0.05) is 0 Å². The van der Waals surface area contributed by atoms with Gasteiger partial charge in [0.05, 0.1) is 6.17 Å². The third-order valence-corrected chi connectivity index (χ3v) is 9.96. The van der Waals surface area contributed by atoms with Crippen LogP contribution < -0.4 is 5.73 Å². The van der Waals surface area contributed by atoms with Gasteiger partial charge in [0.2, 0.25) is 0 Å². The summed E-state index contributed by atoms with van der Waals surface area (Å²) in [5, 5.41) is 0. The van der Waals surface area contributed by atoms with Crippen LogP contribution in [0.1, 0.15) is 19.8 Å². The highest BCUT2D eigenvalue weighted by Crippen LogP contribution is 2.18. The quantitative estimate of drug-likeness (QED) is 0.332. The lowest BCUT2D eigenvalue weighted by Gasteiger charge is -2.30. The molecule has 24 heavy (non-hydrogen) atoms. The van der Waals surface area contributed by atoms with Crippen LogP contribution in [-0.2, 0) is 26.6 Å². The van der Waals surface area contributed by atoms with Crippen LogP contribution in [0, 0.1) is 0 Å². The molecule has 0 fully saturated rings. The third kappa shape index (κ3) is 7.56. The summed E-state index contributed by atoms with van der Waals surface area (Å²) in [6, 6.07) is 1.51. The molecule has 0 heterocycles. The Balaban J connectivity index is 4.42. The van der Waals surface area contributed by atoms with E-state index in [9.17, 15) is 0 Å². The molecular weight excluding hydrogens is 348 g/mol. The minimum absolute atomic E-state index is 0.0302. The summed E-state index contributed by atoms with van der Waals surface area (Å²) in [6.45, 7) is 3.69. The van der Waals surface area contributed by atoms with Crippen molar-refractivity contribution in [3.05, 3.63) is 0 Å². The Labute approximate surface area is 149 Å². The van der Waals surface area contributed by atoms with E-state index in [2.05, 4.69) is 4.90 Å². The predicted octanol–water partition coefficient (Wildman–Crippen LogP) is 1.13. The van der Waals surface area contributed by atoms with Crippen LogP contribution in [0.2, 0.25) is 12.1 Å². The summed E-state index contributed by atoms with van der Waals surface area (Å²) in [7, 11) is 4.76. The smallest absolute Gasteiger partial charge is 0.377 e. The molecule has 2 N–H and O–H groups in total. The molecule has 0 aromatic rings. The van der Waals surface area contributed by atoms with Gasteiger partial charge in [0.25, 0.3) is 0 Å². The van der Waals surface area contributed by atoms with Crippen LogP contribution >= 0.6 is 0 Å². The van der Waals surface area contributed by atoms with Gasteiger partial charge in [0, 0.05) is 54.7 Å². The number of nitrogens with two attached hydrogens (primary N) is 1. The minimum atomic E-state index is -2.52. The first-order valence-corrected chi connectivity index (χ1v) is 12.0. The summed E-state index contributed by atoms with van der Waals surface area (Å²) in [5.41, 5.74) is 6.09. The average molecular weight is 385 g/mol. The molecule has 1 unspecified atom stereocenters. The summed E-state index contributed by atoms with van der Waals surface area (Å²) in [4.78, 5) is 2.22.